The van der Waals surface area contributed by atoms with Crippen molar-refractivity contribution < 1.29 is 9.59 Å². The lowest BCUT2D eigenvalue weighted by molar-refractivity contribution is -0.126. The van der Waals surface area contributed by atoms with E-state index in [4.69, 9.17) is 0 Å². The molecule has 0 radical (unpaired) electrons. The van der Waals surface area contributed by atoms with Gasteiger partial charge in [0.25, 0.3) is 0 Å². The standard InChI is InChI=1S/C20H28N4O2/c1-14-16(17-8-4-5-9-18(17)22-14)10-11-21-19(25)15-7-6-12-24(13-15)20(26)23(2)3/h4-5,8-9,15,22H,6-7,10-13H2,1-3H3,(H,21,25)/t15-/m0/s1. The molecule has 0 aliphatic carbocycles. The molecule has 2 heterocycles. The summed E-state index contributed by atoms with van der Waals surface area (Å²) in [5.74, 6) is -0.0598. The van der Waals surface area contributed by atoms with Crippen LogP contribution < -0.4 is 5.32 Å². The molecular formula is C20H28N4O2. The van der Waals surface area contributed by atoms with Crippen molar-refractivity contribution in [3.8, 4) is 0 Å². The Morgan fingerprint density at radius 1 is 1.31 bits per heavy atom. The molecule has 6 heteroatoms. The molecule has 0 unspecified atom stereocenters. The Morgan fingerprint density at radius 3 is 2.85 bits per heavy atom. The van der Waals surface area contributed by atoms with Crippen LogP contribution in [0.15, 0.2) is 24.3 Å². The van der Waals surface area contributed by atoms with Crippen LogP contribution in [0.4, 0.5) is 4.79 Å². The predicted octanol–water partition coefficient (Wildman–Crippen LogP) is 2.53. The van der Waals surface area contributed by atoms with Gasteiger partial charge in [-0.15, -0.1) is 0 Å². The Bertz CT molecular complexity index is 796. The van der Waals surface area contributed by atoms with Crippen molar-refractivity contribution in [1.82, 2.24) is 20.1 Å². The zero-order valence-electron chi connectivity index (χ0n) is 15.8. The summed E-state index contributed by atoms with van der Waals surface area (Å²) in [6.45, 7) is 3.92. The fraction of sp³-hybridized carbons (Fsp3) is 0.500. The first-order valence-corrected chi connectivity index (χ1v) is 9.27. The number of nitrogens with zero attached hydrogens (tertiary/aromatic N) is 2. The Labute approximate surface area is 154 Å². The number of para-hydroxylation sites is 1. The minimum atomic E-state index is -0.114. The first-order chi connectivity index (χ1) is 12.5. The highest BCUT2D eigenvalue weighted by molar-refractivity contribution is 5.85. The van der Waals surface area contributed by atoms with Crippen molar-refractivity contribution in [3.63, 3.8) is 0 Å². The molecule has 1 aromatic heterocycles. The zero-order chi connectivity index (χ0) is 18.7. The van der Waals surface area contributed by atoms with Crippen LogP contribution in [-0.2, 0) is 11.2 Å². The number of fused-ring (bicyclic) bond motifs is 1. The lowest BCUT2D eigenvalue weighted by Gasteiger charge is -2.33. The highest BCUT2D eigenvalue weighted by atomic mass is 16.2. The number of urea groups is 1. The fourth-order valence-electron chi connectivity index (χ4n) is 3.76. The summed E-state index contributed by atoms with van der Waals surface area (Å²) >= 11 is 0. The molecule has 3 amide bonds. The van der Waals surface area contributed by atoms with Crippen molar-refractivity contribution >= 4 is 22.8 Å². The van der Waals surface area contributed by atoms with E-state index >= 15 is 0 Å². The molecule has 6 nitrogen and oxygen atoms in total. The number of hydrogen-bond acceptors (Lipinski definition) is 2. The normalized spacial score (nSPS) is 17.3. The number of H-pyrrole nitrogens is 1. The number of piperidine rings is 1. The van der Waals surface area contributed by atoms with E-state index in [0.717, 1.165) is 37.0 Å². The number of carbonyl (C=O) groups excluding carboxylic acids is 2. The van der Waals surface area contributed by atoms with Crippen LogP contribution >= 0.6 is 0 Å². The van der Waals surface area contributed by atoms with Crippen LogP contribution in [-0.4, -0.2) is 60.5 Å². The minimum Gasteiger partial charge on any atom is -0.358 e. The summed E-state index contributed by atoms with van der Waals surface area (Å²) in [7, 11) is 3.49. The van der Waals surface area contributed by atoms with E-state index in [2.05, 4.69) is 29.4 Å². The second kappa shape index (κ2) is 7.81. The molecule has 0 bridgehead atoms. The molecule has 140 valence electrons. The number of rotatable bonds is 4. The molecule has 0 saturated carbocycles. The number of aromatic nitrogens is 1. The Morgan fingerprint density at radius 2 is 2.08 bits per heavy atom. The quantitative estimate of drug-likeness (QED) is 0.884. The van der Waals surface area contributed by atoms with Gasteiger partial charge < -0.3 is 20.1 Å². The molecule has 3 rings (SSSR count). The Balaban J connectivity index is 1.55. The maximum absolute atomic E-state index is 12.5. The molecule has 1 aromatic carbocycles. The third-order valence-electron chi connectivity index (χ3n) is 5.15. The van der Waals surface area contributed by atoms with E-state index in [1.807, 2.05) is 12.1 Å². The second-order valence-corrected chi connectivity index (χ2v) is 7.28. The predicted molar refractivity (Wildman–Crippen MR) is 103 cm³/mol. The van der Waals surface area contributed by atoms with Gasteiger partial charge in [0.05, 0.1) is 5.92 Å². The monoisotopic (exact) mass is 356 g/mol. The van der Waals surface area contributed by atoms with Gasteiger partial charge in [-0.05, 0) is 37.8 Å². The van der Waals surface area contributed by atoms with E-state index in [-0.39, 0.29) is 17.9 Å². The van der Waals surface area contributed by atoms with Gasteiger partial charge in [-0.1, -0.05) is 18.2 Å². The number of aryl methyl sites for hydroxylation is 1. The third-order valence-corrected chi connectivity index (χ3v) is 5.15. The molecule has 0 spiro atoms. The van der Waals surface area contributed by atoms with Gasteiger partial charge in [0.1, 0.15) is 0 Å². The summed E-state index contributed by atoms with van der Waals surface area (Å²) in [5.41, 5.74) is 3.55. The van der Waals surface area contributed by atoms with Gasteiger partial charge in [-0.25, -0.2) is 4.79 Å². The summed E-state index contributed by atoms with van der Waals surface area (Å²) in [6, 6.07) is 8.23. The van der Waals surface area contributed by atoms with E-state index < -0.39 is 0 Å². The Hall–Kier alpha value is -2.50. The van der Waals surface area contributed by atoms with E-state index in [1.165, 1.54) is 10.9 Å². The van der Waals surface area contributed by atoms with Gasteiger partial charge in [0.2, 0.25) is 5.91 Å². The van der Waals surface area contributed by atoms with Crippen LogP contribution in [0, 0.1) is 12.8 Å². The Kier molecular flexibility index (Phi) is 5.49. The molecule has 1 aliphatic heterocycles. The number of nitrogens with one attached hydrogen (secondary N) is 2. The zero-order valence-corrected chi connectivity index (χ0v) is 15.8. The highest BCUT2D eigenvalue weighted by Crippen LogP contribution is 2.22. The average Bonchev–Trinajstić information content (AvgIpc) is 2.96. The maximum atomic E-state index is 12.5. The van der Waals surface area contributed by atoms with Crippen LogP contribution in [0.3, 0.4) is 0 Å². The molecule has 1 saturated heterocycles. The van der Waals surface area contributed by atoms with E-state index in [1.54, 1.807) is 23.9 Å². The first kappa shape index (κ1) is 18.3. The summed E-state index contributed by atoms with van der Waals surface area (Å²) in [5, 5.41) is 4.29. The number of amides is 3. The average molecular weight is 356 g/mol. The third kappa shape index (κ3) is 3.84. The molecule has 1 aliphatic rings. The van der Waals surface area contributed by atoms with Crippen molar-refractivity contribution in [2.24, 2.45) is 5.92 Å². The molecule has 2 aromatic rings. The fourth-order valence-corrected chi connectivity index (χ4v) is 3.76. The van der Waals surface area contributed by atoms with Gasteiger partial charge in [-0.2, -0.15) is 0 Å². The first-order valence-electron chi connectivity index (χ1n) is 9.27. The number of carbonyl (C=O) groups is 2. The van der Waals surface area contributed by atoms with Crippen molar-refractivity contribution in [3.05, 3.63) is 35.5 Å². The van der Waals surface area contributed by atoms with Crippen LogP contribution in [0.2, 0.25) is 0 Å². The van der Waals surface area contributed by atoms with Crippen molar-refractivity contribution in [2.45, 2.75) is 26.2 Å². The highest BCUT2D eigenvalue weighted by Gasteiger charge is 2.28. The van der Waals surface area contributed by atoms with Gasteiger partial charge >= 0.3 is 6.03 Å². The minimum absolute atomic E-state index is 0.0167. The number of aromatic amines is 1. The van der Waals surface area contributed by atoms with Gasteiger partial charge in [0.15, 0.2) is 0 Å². The topological polar surface area (TPSA) is 68.4 Å². The molecular weight excluding hydrogens is 328 g/mol. The number of benzene rings is 1. The number of likely N-dealkylation sites (tertiary alicyclic amines) is 1. The van der Waals surface area contributed by atoms with Crippen LogP contribution in [0.1, 0.15) is 24.1 Å². The largest absolute Gasteiger partial charge is 0.358 e. The van der Waals surface area contributed by atoms with E-state index in [0.29, 0.717) is 13.1 Å². The number of hydrogen-bond donors (Lipinski definition) is 2. The van der Waals surface area contributed by atoms with Crippen molar-refractivity contribution in [1.29, 1.82) is 0 Å². The summed E-state index contributed by atoms with van der Waals surface area (Å²) in [6.07, 6.45) is 2.52. The maximum Gasteiger partial charge on any atom is 0.319 e. The lowest BCUT2D eigenvalue weighted by Crippen LogP contribution is -2.48. The smallest absolute Gasteiger partial charge is 0.319 e. The molecule has 1 atom stereocenters. The summed E-state index contributed by atoms with van der Waals surface area (Å²) < 4.78 is 0. The van der Waals surface area contributed by atoms with Crippen LogP contribution in [0.5, 0.6) is 0 Å². The molecule has 2 N–H and O–H groups in total. The summed E-state index contributed by atoms with van der Waals surface area (Å²) in [4.78, 5) is 31.4. The van der Waals surface area contributed by atoms with Gasteiger partial charge in [-0.3, -0.25) is 4.79 Å². The van der Waals surface area contributed by atoms with Crippen LogP contribution in [0.25, 0.3) is 10.9 Å². The van der Waals surface area contributed by atoms with E-state index in [9.17, 15) is 9.59 Å². The SMILES string of the molecule is Cc1[nH]c2ccccc2c1CCNC(=O)[C@H]1CCCN(C(=O)N(C)C)C1. The molecule has 1 fully saturated rings. The second-order valence-electron chi connectivity index (χ2n) is 7.28. The molecule has 26 heavy (non-hydrogen) atoms. The van der Waals surface area contributed by atoms with Gasteiger partial charge in [0, 0.05) is 50.3 Å². The lowest BCUT2D eigenvalue weighted by atomic mass is 9.97. The van der Waals surface area contributed by atoms with Crippen molar-refractivity contribution in [2.75, 3.05) is 33.7 Å².